The molecule has 2 nitrogen and oxygen atoms in total. The van der Waals surface area contributed by atoms with Crippen molar-refractivity contribution in [3.05, 3.63) is 57.3 Å². The number of amides is 1. The number of nitrogens with zero attached hydrogens (tertiary/aromatic N) is 1. The highest BCUT2D eigenvalue weighted by Crippen LogP contribution is 2.38. The van der Waals surface area contributed by atoms with Crippen LogP contribution >= 0.6 is 11.3 Å². The number of fused-ring (bicyclic) bond motifs is 2. The normalized spacial score (nSPS) is 20.9. The number of piperidine rings is 1. The standard InChI is InChI=1S/C19H21NOS/c21-19(20-11-4-1-5-12-20)18-15-7-3-2-6-14(15)8-9-17-16(18)10-13-22-17/h2-3,6-7,10,13,18H,1,4-5,8-9,11-12H2. The van der Waals surface area contributed by atoms with Crippen molar-refractivity contribution in [2.75, 3.05) is 13.1 Å². The van der Waals surface area contributed by atoms with Crippen molar-refractivity contribution in [1.29, 1.82) is 0 Å². The predicted molar refractivity (Wildman–Crippen MR) is 90.4 cm³/mol. The van der Waals surface area contributed by atoms with Crippen LogP contribution in [0.5, 0.6) is 0 Å². The fraction of sp³-hybridized carbons (Fsp3) is 0.421. The van der Waals surface area contributed by atoms with Crippen LogP contribution in [0.2, 0.25) is 0 Å². The van der Waals surface area contributed by atoms with Crippen molar-refractivity contribution < 1.29 is 4.79 Å². The minimum atomic E-state index is -0.0851. The van der Waals surface area contributed by atoms with Crippen molar-refractivity contribution in [3.63, 3.8) is 0 Å². The average molecular weight is 311 g/mol. The molecule has 2 heterocycles. The van der Waals surface area contributed by atoms with Crippen LogP contribution in [0, 0.1) is 0 Å². The van der Waals surface area contributed by atoms with E-state index in [-0.39, 0.29) is 5.92 Å². The number of benzene rings is 1. The second-order valence-electron chi connectivity index (χ2n) is 6.32. The van der Waals surface area contributed by atoms with Crippen LogP contribution in [0.4, 0.5) is 0 Å². The summed E-state index contributed by atoms with van der Waals surface area (Å²) in [6, 6.07) is 10.7. The smallest absolute Gasteiger partial charge is 0.234 e. The second kappa shape index (κ2) is 5.88. The Morgan fingerprint density at radius 3 is 2.68 bits per heavy atom. The summed E-state index contributed by atoms with van der Waals surface area (Å²) < 4.78 is 0. The summed E-state index contributed by atoms with van der Waals surface area (Å²) in [5, 5.41) is 2.15. The average Bonchev–Trinajstić information content (AvgIpc) is 2.97. The minimum Gasteiger partial charge on any atom is -0.342 e. The monoisotopic (exact) mass is 311 g/mol. The largest absolute Gasteiger partial charge is 0.342 e. The number of rotatable bonds is 1. The van der Waals surface area contributed by atoms with Gasteiger partial charge in [0, 0.05) is 18.0 Å². The number of thiophene rings is 1. The van der Waals surface area contributed by atoms with E-state index >= 15 is 0 Å². The van der Waals surface area contributed by atoms with Gasteiger partial charge in [0.15, 0.2) is 0 Å². The molecule has 1 amide bonds. The third-order valence-electron chi connectivity index (χ3n) is 4.99. The molecule has 0 saturated carbocycles. The van der Waals surface area contributed by atoms with E-state index in [1.807, 2.05) is 0 Å². The summed E-state index contributed by atoms with van der Waals surface area (Å²) in [4.78, 5) is 16.7. The van der Waals surface area contributed by atoms with Crippen molar-refractivity contribution in [2.24, 2.45) is 0 Å². The summed E-state index contributed by atoms with van der Waals surface area (Å²) >= 11 is 1.81. The lowest BCUT2D eigenvalue weighted by Gasteiger charge is -2.31. The lowest BCUT2D eigenvalue weighted by Crippen LogP contribution is -2.39. The first-order valence-corrected chi connectivity index (χ1v) is 9.15. The lowest BCUT2D eigenvalue weighted by atomic mass is 9.88. The van der Waals surface area contributed by atoms with E-state index in [1.165, 1.54) is 28.0 Å². The van der Waals surface area contributed by atoms with Gasteiger partial charge in [0.1, 0.15) is 0 Å². The highest BCUT2D eigenvalue weighted by molar-refractivity contribution is 7.10. The van der Waals surface area contributed by atoms with Crippen LogP contribution in [0.1, 0.15) is 46.7 Å². The van der Waals surface area contributed by atoms with E-state index in [0.29, 0.717) is 5.91 Å². The second-order valence-corrected chi connectivity index (χ2v) is 7.32. The Hall–Kier alpha value is -1.61. The molecule has 1 atom stereocenters. The zero-order valence-electron chi connectivity index (χ0n) is 12.8. The molecule has 2 aromatic rings. The quantitative estimate of drug-likeness (QED) is 0.780. The van der Waals surface area contributed by atoms with Gasteiger partial charge in [-0.1, -0.05) is 24.3 Å². The molecule has 1 aliphatic heterocycles. The summed E-state index contributed by atoms with van der Waals surface area (Å²) in [6.45, 7) is 1.86. The van der Waals surface area contributed by atoms with Crippen molar-refractivity contribution in [1.82, 2.24) is 4.90 Å². The van der Waals surface area contributed by atoms with Gasteiger partial charge in [0.05, 0.1) is 5.92 Å². The maximum absolute atomic E-state index is 13.3. The molecule has 0 bridgehead atoms. The highest BCUT2D eigenvalue weighted by Gasteiger charge is 2.33. The van der Waals surface area contributed by atoms with Gasteiger partial charge >= 0.3 is 0 Å². The van der Waals surface area contributed by atoms with Crippen molar-refractivity contribution in [2.45, 2.75) is 38.0 Å². The zero-order chi connectivity index (χ0) is 14.9. The molecule has 0 radical (unpaired) electrons. The van der Waals surface area contributed by atoms with Crippen molar-refractivity contribution in [3.8, 4) is 0 Å². The van der Waals surface area contributed by atoms with Crippen molar-refractivity contribution >= 4 is 17.2 Å². The van der Waals surface area contributed by atoms with Gasteiger partial charge in [0.2, 0.25) is 5.91 Å². The lowest BCUT2D eigenvalue weighted by molar-refractivity contribution is -0.132. The number of aryl methyl sites for hydroxylation is 2. The topological polar surface area (TPSA) is 20.3 Å². The Morgan fingerprint density at radius 2 is 1.82 bits per heavy atom. The number of hydrogen-bond donors (Lipinski definition) is 0. The molecule has 1 saturated heterocycles. The summed E-state index contributed by atoms with van der Waals surface area (Å²) in [5.41, 5.74) is 3.84. The molecule has 1 fully saturated rings. The Balaban J connectivity index is 1.78. The summed E-state index contributed by atoms with van der Waals surface area (Å²) in [6.07, 6.45) is 5.67. The third-order valence-corrected chi connectivity index (χ3v) is 5.99. The van der Waals surface area contributed by atoms with Gasteiger partial charge in [0.25, 0.3) is 0 Å². The number of hydrogen-bond acceptors (Lipinski definition) is 2. The fourth-order valence-electron chi connectivity index (χ4n) is 3.83. The SMILES string of the molecule is O=C(C1c2ccccc2CCc2sccc21)N1CCCCC1. The minimum absolute atomic E-state index is 0.0851. The van der Waals surface area contributed by atoms with Crippen LogP contribution in [-0.2, 0) is 17.6 Å². The van der Waals surface area contributed by atoms with Gasteiger partial charge in [-0.15, -0.1) is 11.3 Å². The van der Waals surface area contributed by atoms with E-state index < -0.39 is 0 Å². The van der Waals surface area contributed by atoms with Crippen LogP contribution < -0.4 is 0 Å². The summed E-state index contributed by atoms with van der Waals surface area (Å²) in [7, 11) is 0. The molecule has 4 rings (SSSR count). The van der Waals surface area contributed by atoms with Gasteiger partial charge in [-0.3, -0.25) is 4.79 Å². The summed E-state index contributed by atoms with van der Waals surface area (Å²) in [5.74, 6) is 0.228. The Kier molecular flexibility index (Phi) is 3.75. The Labute approximate surface area is 135 Å². The third kappa shape index (κ3) is 2.38. The van der Waals surface area contributed by atoms with Crippen LogP contribution in [0.15, 0.2) is 35.7 Å². The van der Waals surface area contributed by atoms with Gasteiger partial charge in [-0.25, -0.2) is 0 Å². The predicted octanol–water partition coefficient (Wildman–Crippen LogP) is 3.99. The molecule has 2 aliphatic rings. The molecule has 1 aromatic heterocycles. The molecular weight excluding hydrogens is 290 g/mol. The van der Waals surface area contributed by atoms with E-state index in [0.717, 1.165) is 38.8 Å². The Morgan fingerprint density at radius 1 is 1.00 bits per heavy atom. The maximum Gasteiger partial charge on any atom is 0.234 e. The first-order valence-electron chi connectivity index (χ1n) is 8.27. The fourth-order valence-corrected chi connectivity index (χ4v) is 4.75. The molecule has 1 aliphatic carbocycles. The molecule has 114 valence electrons. The van der Waals surface area contributed by atoms with E-state index in [9.17, 15) is 4.79 Å². The van der Waals surface area contributed by atoms with Gasteiger partial charge in [-0.05, 0) is 60.2 Å². The maximum atomic E-state index is 13.3. The van der Waals surface area contributed by atoms with Crippen LogP contribution in [0.3, 0.4) is 0 Å². The number of likely N-dealkylation sites (tertiary alicyclic amines) is 1. The highest BCUT2D eigenvalue weighted by atomic mass is 32.1. The molecule has 3 heteroatoms. The van der Waals surface area contributed by atoms with Gasteiger partial charge in [-0.2, -0.15) is 0 Å². The molecule has 0 spiro atoms. The molecule has 22 heavy (non-hydrogen) atoms. The zero-order valence-corrected chi connectivity index (χ0v) is 13.6. The number of carbonyl (C=O) groups is 1. The van der Waals surface area contributed by atoms with Gasteiger partial charge < -0.3 is 4.90 Å². The molecule has 1 aromatic carbocycles. The van der Waals surface area contributed by atoms with Crippen LogP contribution in [0.25, 0.3) is 0 Å². The van der Waals surface area contributed by atoms with E-state index in [4.69, 9.17) is 0 Å². The van der Waals surface area contributed by atoms with E-state index in [2.05, 4.69) is 40.6 Å². The molecule has 1 unspecified atom stereocenters. The molecular formula is C19H21NOS. The molecule has 0 N–H and O–H groups in total. The first kappa shape index (κ1) is 14.0. The number of carbonyl (C=O) groups excluding carboxylic acids is 1. The van der Waals surface area contributed by atoms with Crippen LogP contribution in [-0.4, -0.2) is 23.9 Å². The van der Waals surface area contributed by atoms with E-state index in [1.54, 1.807) is 11.3 Å². The Bertz CT molecular complexity index is 684. The first-order chi connectivity index (χ1) is 10.8.